The lowest BCUT2D eigenvalue weighted by atomic mass is 9.72. The fraction of sp³-hybridized carbons (Fsp3) is 0.400. The Morgan fingerprint density at radius 1 is 0.725 bits per heavy atom. The van der Waals surface area contributed by atoms with Crippen LogP contribution in [0.1, 0.15) is 54.9 Å². The zero-order chi connectivity index (χ0) is 29.1. The summed E-state index contributed by atoms with van der Waals surface area (Å²) in [4.78, 5) is 2.27. The number of benzene rings is 3. The van der Waals surface area contributed by atoms with Crippen LogP contribution in [-0.2, 0) is 12.1 Å². The molecular formula is C30H31F6NO3. The largest absolute Gasteiger partial charge is 0.573 e. The van der Waals surface area contributed by atoms with E-state index in [0.29, 0.717) is 43.0 Å². The summed E-state index contributed by atoms with van der Waals surface area (Å²) in [6.07, 6.45) is -8.62. The van der Waals surface area contributed by atoms with Crippen molar-refractivity contribution in [2.75, 3.05) is 13.1 Å². The maximum atomic E-state index is 12.7. The van der Waals surface area contributed by atoms with Crippen molar-refractivity contribution in [2.24, 2.45) is 5.92 Å². The molecule has 3 aromatic carbocycles. The number of halogens is 6. The van der Waals surface area contributed by atoms with Crippen LogP contribution in [0, 0.1) is 5.92 Å². The fourth-order valence-corrected chi connectivity index (χ4v) is 5.23. The quantitative estimate of drug-likeness (QED) is 0.283. The Labute approximate surface area is 229 Å². The lowest BCUT2D eigenvalue weighted by molar-refractivity contribution is -0.275. The van der Waals surface area contributed by atoms with Gasteiger partial charge in [-0.2, -0.15) is 0 Å². The number of rotatable bonds is 8. The third-order valence-corrected chi connectivity index (χ3v) is 7.29. The monoisotopic (exact) mass is 567 g/mol. The van der Waals surface area contributed by atoms with Gasteiger partial charge in [0.25, 0.3) is 0 Å². The fourth-order valence-electron chi connectivity index (χ4n) is 5.23. The molecular weight excluding hydrogens is 536 g/mol. The van der Waals surface area contributed by atoms with Gasteiger partial charge in [-0.25, -0.2) is 0 Å². The SMILES string of the molecule is CC(C)c1ccc(CN2CCC(C(O)(c3ccc(OC(F)(F)F)cc3)c3ccc(OC(F)(F)F)cc3)CC2)cc1. The van der Waals surface area contributed by atoms with Gasteiger partial charge >= 0.3 is 12.7 Å². The van der Waals surface area contributed by atoms with Crippen LogP contribution in [0.3, 0.4) is 0 Å². The number of likely N-dealkylation sites (tertiary alicyclic amines) is 1. The number of nitrogens with zero attached hydrogens (tertiary/aromatic N) is 1. The Kier molecular flexibility index (Phi) is 8.70. The molecule has 1 aliphatic heterocycles. The highest BCUT2D eigenvalue weighted by atomic mass is 19.4. The molecule has 0 aliphatic carbocycles. The maximum absolute atomic E-state index is 12.7. The normalized spacial score (nSPS) is 15.8. The third kappa shape index (κ3) is 7.48. The van der Waals surface area contributed by atoms with E-state index in [0.717, 1.165) is 30.8 Å². The predicted octanol–water partition coefficient (Wildman–Crippen LogP) is 7.76. The van der Waals surface area contributed by atoms with Gasteiger partial charge in [0.2, 0.25) is 0 Å². The van der Waals surface area contributed by atoms with Gasteiger partial charge in [-0.1, -0.05) is 62.4 Å². The van der Waals surface area contributed by atoms with Crippen LogP contribution in [0.15, 0.2) is 72.8 Å². The van der Waals surface area contributed by atoms with Crippen LogP contribution in [-0.4, -0.2) is 35.8 Å². The Balaban J connectivity index is 1.56. The lowest BCUT2D eigenvalue weighted by Gasteiger charge is -2.42. The van der Waals surface area contributed by atoms with Crippen molar-refractivity contribution in [1.29, 1.82) is 0 Å². The van der Waals surface area contributed by atoms with Gasteiger partial charge in [-0.3, -0.25) is 4.90 Å². The number of hydrogen-bond donors (Lipinski definition) is 1. The summed E-state index contributed by atoms with van der Waals surface area (Å²) in [5.74, 6) is -0.793. The van der Waals surface area contributed by atoms with Crippen LogP contribution >= 0.6 is 0 Å². The van der Waals surface area contributed by atoms with E-state index in [1.807, 2.05) is 0 Å². The Morgan fingerprint density at radius 2 is 1.15 bits per heavy atom. The molecule has 216 valence electrons. The molecule has 0 bridgehead atoms. The first-order chi connectivity index (χ1) is 18.7. The molecule has 1 saturated heterocycles. The van der Waals surface area contributed by atoms with E-state index < -0.39 is 29.8 Å². The van der Waals surface area contributed by atoms with Gasteiger partial charge in [0.15, 0.2) is 0 Å². The number of alkyl halides is 6. The lowest BCUT2D eigenvalue weighted by Crippen LogP contribution is -2.44. The standard InChI is InChI=1S/C30H31F6NO3/c1-20(2)22-5-3-21(4-6-22)19-37-17-15-25(16-18-37)28(38,23-7-11-26(12-8-23)39-29(31,32)33)24-9-13-27(14-10-24)40-30(34,35)36/h3-14,20,25,38H,15-19H2,1-2H3. The zero-order valence-corrected chi connectivity index (χ0v) is 22.1. The van der Waals surface area contributed by atoms with E-state index in [4.69, 9.17) is 0 Å². The molecule has 0 amide bonds. The average molecular weight is 568 g/mol. The smallest absolute Gasteiger partial charge is 0.406 e. The first-order valence-corrected chi connectivity index (χ1v) is 13.0. The van der Waals surface area contributed by atoms with Crippen LogP contribution in [0.4, 0.5) is 26.3 Å². The number of ether oxygens (including phenoxy) is 2. The molecule has 0 unspecified atom stereocenters. The van der Waals surface area contributed by atoms with Crippen molar-refractivity contribution < 1.29 is 40.9 Å². The van der Waals surface area contributed by atoms with Crippen molar-refractivity contribution in [3.05, 3.63) is 95.1 Å². The molecule has 4 nitrogen and oxygen atoms in total. The molecule has 40 heavy (non-hydrogen) atoms. The molecule has 3 aromatic rings. The van der Waals surface area contributed by atoms with Crippen LogP contribution in [0.25, 0.3) is 0 Å². The van der Waals surface area contributed by atoms with E-state index in [9.17, 15) is 31.4 Å². The highest BCUT2D eigenvalue weighted by Crippen LogP contribution is 2.43. The molecule has 4 rings (SSSR count). The van der Waals surface area contributed by atoms with Crippen molar-refractivity contribution in [3.8, 4) is 11.5 Å². The van der Waals surface area contributed by atoms with Gasteiger partial charge in [0.1, 0.15) is 17.1 Å². The molecule has 0 radical (unpaired) electrons. The maximum Gasteiger partial charge on any atom is 0.573 e. The second-order valence-corrected chi connectivity index (χ2v) is 10.4. The van der Waals surface area contributed by atoms with E-state index in [1.54, 1.807) is 0 Å². The molecule has 0 saturated carbocycles. The Morgan fingerprint density at radius 3 is 1.52 bits per heavy atom. The van der Waals surface area contributed by atoms with E-state index in [-0.39, 0.29) is 5.92 Å². The van der Waals surface area contributed by atoms with Gasteiger partial charge in [0, 0.05) is 6.54 Å². The van der Waals surface area contributed by atoms with E-state index in [2.05, 4.69) is 52.5 Å². The molecule has 0 spiro atoms. The molecule has 1 aliphatic rings. The Bertz CT molecular complexity index is 1170. The van der Waals surface area contributed by atoms with Gasteiger partial charge in [-0.05, 0) is 84.3 Å². The second kappa shape index (κ2) is 11.7. The predicted molar refractivity (Wildman–Crippen MR) is 138 cm³/mol. The minimum Gasteiger partial charge on any atom is -0.406 e. The summed E-state index contributed by atoms with van der Waals surface area (Å²) in [6.45, 7) is 6.31. The van der Waals surface area contributed by atoms with Gasteiger partial charge < -0.3 is 14.6 Å². The minimum atomic E-state index is -4.87. The molecule has 1 heterocycles. The van der Waals surface area contributed by atoms with Crippen LogP contribution in [0.2, 0.25) is 0 Å². The topological polar surface area (TPSA) is 41.9 Å². The molecule has 1 N–H and O–H groups in total. The van der Waals surface area contributed by atoms with Crippen molar-refractivity contribution in [1.82, 2.24) is 4.90 Å². The summed E-state index contributed by atoms with van der Waals surface area (Å²) in [5, 5.41) is 12.1. The average Bonchev–Trinajstić information content (AvgIpc) is 2.88. The summed E-state index contributed by atoms with van der Waals surface area (Å²) in [5.41, 5.74) is 1.38. The molecule has 0 aromatic heterocycles. The minimum absolute atomic E-state index is 0.314. The van der Waals surface area contributed by atoms with E-state index in [1.165, 1.54) is 35.4 Å². The highest BCUT2D eigenvalue weighted by molar-refractivity contribution is 5.42. The summed E-state index contributed by atoms with van der Waals surface area (Å²) in [7, 11) is 0. The van der Waals surface area contributed by atoms with E-state index >= 15 is 0 Å². The number of piperidine rings is 1. The second-order valence-electron chi connectivity index (χ2n) is 10.4. The van der Waals surface area contributed by atoms with Crippen LogP contribution in [0.5, 0.6) is 11.5 Å². The summed E-state index contributed by atoms with van der Waals surface area (Å²) in [6, 6.07) is 18.3. The first-order valence-electron chi connectivity index (χ1n) is 13.0. The third-order valence-electron chi connectivity index (χ3n) is 7.29. The number of hydrogen-bond acceptors (Lipinski definition) is 4. The van der Waals surface area contributed by atoms with Crippen molar-refractivity contribution in [2.45, 2.75) is 57.5 Å². The summed E-state index contributed by atoms with van der Waals surface area (Å²) >= 11 is 0. The van der Waals surface area contributed by atoms with Gasteiger partial charge in [-0.15, -0.1) is 26.3 Å². The Hall–Kier alpha value is -3.24. The highest BCUT2D eigenvalue weighted by Gasteiger charge is 2.42. The van der Waals surface area contributed by atoms with Crippen molar-refractivity contribution in [3.63, 3.8) is 0 Å². The van der Waals surface area contributed by atoms with Crippen molar-refractivity contribution >= 4 is 0 Å². The molecule has 0 atom stereocenters. The van der Waals surface area contributed by atoms with Gasteiger partial charge in [0.05, 0.1) is 0 Å². The molecule has 1 fully saturated rings. The number of aliphatic hydroxyl groups is 1. The zero-order valence-electron chi connectivity index (χ0n) is 22.1. The molecule has 10 heteroatoms. The summed E-state index contributed by atoms with van der Waals surface area (Å²) < 4.78 is 83.9. The first kappa shape index (κ1) is 29.7. The van der Waals surface area contributed by atoms with Crippen LogP contribution < -0.4 is 9.47 Å².